The number of carbonyl (C=O) groups is 1. The average molecular weight is 353 g/mol. The molecule has 132 valence electrons. The zero-order valence-electron chi connectivity index (χ0n) is 14.1. The van der Waals surface area contributed by atoms with Crippen molar-refractivity contribution in [3.05, 3.63) is 35.4 Å². The maximum absolute atomic E-state index is 12.4. The lowest BCUT2D eigenvalue weighted by Gasteiger charge is -2.16. The first kappa shape index (κ1) is 18.4. The molecule has 1 aliphatic rings. The maximum Gasteiger partial charge on any atom is 0.251 e. The van der Waals surface area contributed by atoms with Crippen molar-refractivity contribution >= 4 is 15.9 Å². The molecule has 8 heteroatoms. The zero-order chi connectivity index (χ0) is 17.7. The van der Waals surface area contributed by atoms with Gasteiger partial charge in [-0.2, -0.15) is 0 Å². The summed E-state index contributed by atoms with van der Waals surface area (Å²) in [5, 5.41) is 6.04. The molecule has 0 saturated heterocycles. The fraction of sp³-hybridized carbons (Fsp3) is 0.438. The molecule has 1 aromatic carbocycles. The van der Waals surface area contributed by atoms with Gasteiger partial charge < -0.3 is 15.4 Å². The van der Waals surface area contributed by atoms with Crippen LogP contribution in [0, 0.1) is 0 Å². The van der Waals surface area contributed by atoms with Crippen molar-refractivity contribution < 1.29 is 17.9 Å². The minimum absolute atomic E-state index is 0.0243. The summed E-state index contributed by atoms with van der Waals surface area (Å²) in [4.78, 5) is 12.3. The third kappa shape index (κ3) is 4.14. The molecule has 1 aliphatic heterocycles. The van der Waals surface area contributed by atoms with Crippen molar-refractivity contribution in [2.24, 2.45) is 0 Å². The molecule has 7 nitrogen and oxygen atoms in total. The Morgan fingerprint density at radius 2 is 2.12 bits per heavy atom. The monoisotopic (exact) mass is 353 g/mol. The van der Waals surface area contributed by atoms with E-state index >= 15 is 0 Å². The first-order valence-electron chi connectivity index (χ1n) is 7.63. The third-order valence-corrected chi connectivity index (χ3v) is 5.65. The topological polar surface area (TPSA) is 87.7 Å². The number of carbonyl (C=O) groups excluding carboxylic acids is 1. The molecule has 2 rings (SSSR count). The molecule has 0 bridgehead atoms. The molecule has 2 N–H and O–H groups in total. The lowest BCUT2D eigenvalue weighted by molar-refractivity contribution is 0.0956. The Balaban J connectivity index is 2.21. The average Bonchev–Trinajstić information content (AvgIpc) is 2.59. The Kier molecular flexibility index (Phi) is 5.98. The molecule has 1 aromatic rings. The number of benzene rings is 1. The largest absolute Gasteiger partial charge is 0.495 e. The SMILES string of the molecule is COc1ccc(C(=O)NCC2=CCNCC2)cc1S(=O)(=O)N(C)C. The van der Waals surface area contributed by atoms with Gasteiger partial charge in [-0.15, -0.1) is 0 Å². The van der Waals surface area contributed by atoms with Crippen LogP contribution in [0.1, 0.15) is 16.8 Å². The van der Waals surface area contributed by atoms with Crippen LogP contribution in [0.2, 0.25) is 0 Å². The lowest BCUT2D eigenvalue weighted by Crippen LogP contribution is -2.30. The molecule has 0 radical (unpaired) electrons. The predicted octanol–water partition coefficient (Wildman–Crippen LogP) is 0.595. The number of methoxy groups -OCH3 is 1. The Morgan fingerprint density at radius 1 is 1.38 bits per heavy atom. The van der Waals surface area contributed by atoms with Gasteiger partial charge >= 0.3 is 0 Å². The van der Waals surface area contributed by atoms with Crippen LogP contribution in [0.4, 0.5) is 0 Å². The number of ether oxygens (including phenoxy) is 1. The van der Waals surface area contributed by atoms with Crippen LogP contribution in [-0.4, -0.2) is 59.5 Å². The second kappa shape index (κ2) is 7.78. The minimum atomic E-state index is -3.70. The summed E-state index contributed by atoms with van der Waals surface area (Å²) in [5.41, 5.74) is 1.45. The highest BCUT2D eigenvalue weighted by molar-refractivity contribution is 7.89. The smallest absolute Gasteiger partial charge is 0.251 e. The molecular weight excluding hydrogens is 330 g/mol. The van der Waals surface area contributed by atoms with Crippen molar-refractivity contribution in [2.75, 3.05) is 40.8 Å². The zero-order valence-corrected chi connectivity index (χ0v) is 14.9. The van der Waals surface area contributed by atoms with Crippen LogP contribution >= 0.6 is 0 Å². The number of rotatable bonds is 6. The van der Waals surface area contributed by atoms with Gasteiger partial charge in [-0.25, -0.2) is 12.7 Å². The van der Waals surface area contributed by atoms with Crippen molar-refractivity contribution in [1.82, 2.24) is 14.9 Å². The minimum Gasteiger partial charge on any atom is -0.495 e. The quantitative estimate of drug-likeness (QED) is 0.731. The second-order valence-electron chi connectivity index (χ2n) is 5.65. The van der Waals surface area contributed by atoms with E-state index in [0.717, 1.165) is 29.4 Å². The van der Waals surface area contributed by atoms with Crippen molar-refractivity contribution in [2.45, 2.75) is 11.3 Å². The second-order valence-corrected chi connectivity index (χ2v) is 7.77. The number of nitrogens with one attached hydrogen (secondary N) is 2. The van der Waals surface area contributed by atoms with E-state index in [9.17, 15) is 13.2 Å². The predicted molar refractivity (Wildman–Crippen MR) is 91.8 cm³/mol. The molecular formula is C16H23N3O4S. The van der Waals surface area contributed by atoms with Gasteiger partial charge in [0.15, 0.2) is 0 Å². The Labute approximate surface area is 142 Å². The van der Waals surface area contributed by atoms with Gasteiger partial charge in [0.2, 0.25) is 10.0 Å². The first-order valence-corrected chi connectivity index (χ1v) is 9.07. The fourth-order valence-corrected chi connectivity index (χ4v) is 3.42. The van der Waals surface area contributed by atoms with E-state index in [0.29, 0.717) is 6.54 Å². The highest BCUT2D eigenvalue weighted by Gasteiger charge is 2.23. The highest BCUT2D eigenvalue weighted by atomic mass is 32.2. The fourth-order valence-electron chi connectivity index (χ4n) is 2.34. The van der Waals surface area contributed by atoms with Crippen LogP contribution in [0.25, 0.3) is 0 Å². The lowest BCUT2D eigenvalue weighted by atomic mass is 10.1. The van der Waals surface area contributed by atoms with Crippen LogP contribution in [0.15, 0.2) is 34.7 Å². The summed E-state index contributed by atoms with van der Waals surface area (Å²) in [6.45, 7) is 2.16. The molecule has 0 saturated carbocycles. The summed E-state index contributed by atoms with van der Waals surface area (Å²) in [6.07, 6.45) is 2.95. The summed E-state index contributed by atoms with van der Waals surface area (Å²) in [6, 6.07) is 4.40. The molecule has 0 aromatic heterocycles. The van der Waals surface area contributed by atoms with E-state index in [-0.39, 0.29) is 22.1 Å². The van der Waals surface area contributed by atoms with Gasteiger partial charge in [0.1, 0.15) is 10.6 Å². The summed E-state index contributed by atoms with van der Waals surface area (Å²) in [5.74, 6) is -0.103. The molecule has 0 unspecified atom stereocenters. The van der Waals surface area contributed by atoms with Gasteiger partial charge in [0.05, 0.1) is 7.11 Å². The van der Waals surface area contributed by atoms with Crippen LogP contribution in [-0.2, 0) is 10.0 Å². The van der Waals surface area contributed by atoms with E-state index in [2.05, 4.69) is 16.7 Å². The number of nitrogens with zero attached hydrogens (tertiary/aromatic N) is 1. The number of sulfonamides is 1. The van der Waals surface area contributed by atoms with Crippen LogP contribution in [0.3, 0.4) is 0 Å². The molecule has 0 spiro atoms. The molecule has 0 atom stereocenters. The standard InChI is InChI=1S/C16H23N3O4S/c1-19(2)24(21,22)15-10-13(4-5-14(15)23-3)16(20)18-11-12-6-8-17-9-7-12/h4-6,10,17H,7-9,11H2,1-3H3,(H,18,20). The summed E-state index contributed by atoms with van der Waals surface area (Å²) in [7, 11) is 0.565. The van der Waals surface area contributed by atoms with Gasteiger partial charge in [-0.1, -0.05) is 11.6 Å². The third-order valence-electron chi connectivity index (χ3n) is 3.82. The first-order chi connectivity index (χ1) is 11.4. The molecule has 1 amide bonds. The van der Waals surface area contributed by atoms with E-state index in [1.165, 1.54) is 33.3 Å². The highest BCUT2D eigenvalue weighted by Crippen LogP contribution is 2.26. The van der Waals surface area contributed by atoms with E-state index < -0.39 is 10.0 Å². The molecule has 24 heavy (non-hydrogen) atoms. The Morgan fingerprint density at radius 3 is 2.71 bits per heavy atom. The number of hydrogen-bond acceptors (Lipinski definition) is 5. The van der Waals surface area contributed by atoms with Crippen LogP contribution < -0.4 is 15.4 Å². The van der Waals surface area contributed by atoms with Gasteiger partial charge in [-0.05, 0) is 31.2 Å². The number of hydrogen-bond donors (Lipinski definition) is 2. The maximum atomic E-state index is 12.4. The molecule has 1 heterocycles. The number of amides is 1. The normalized spacial score (nSPS) is 15.1. The van der Waals surface area contributed by atoms with Gasteiger partial charge in [0, 0.05) is 32.7 Å². The van der Waals surface area contributed by atoms with Crippen molar-refractivity contribution in [3.63, 3.8) is 0 Å². The molecule has 0 aliphatic carbocycles. The van der Waals surface area contributed by atoms with Crippen LogP contribution in [0.5, 0.6) is 5.75 Å². The van der Waals surface area contributed by atoms with Gasteiger partial charge in [-0.3, -0.25) is 4.79 Å². The summed E-state index contributed by atoms with van der Waals surface area (Å²) >= 11 is 0. The Bertz CT molecular complexity index is 742. The van der Waals surface area contributed by atoms with E-state index in [1.807, 2.05) is 0 Å². The molecule has 0 fully saturated rings. The van der Waals surface area contributed by atoms with E-state index in [4.69, 9.17) is 4.74 Å². The van der Waals surface area contributed by atoms with Crippen molar-refractivity contribution in [3.8, 4) is 5.75 Å². The van der Waals surface area contributed by atoms with Gasteiger partial charge in [0.25, 0.3) is 5.91 Å². The summed E-state index contributed by atoms with van der Waals surface area (Å²) < 4.78 is 31.0. The van der Waals surface area contributed by atoms with Crippen molar-refractivity contribution in [1.29, 1.82) is 0 Å². The Hall–Kier alpha value is -1.90. The van der Waals surface area contributed by atoms with E-state index in [1.54, 1.807) is 6.07 Å².